The maximum absolute atomic E-state index is 12.7. The number of thioether (sulfide) groups is 1. The molecule has 0 bridgehead atoms. The summed E-state index contributed by atoms with van der Waals surface area (Å²) in [6, 6.07) is 13.9. The number of hydrogen-bond donors (Lipinski definition) is 2. The maximum Gasteiger partial charge on any atom is 0.254 e. The minimum absolute atomic E-state index is 0.0796. The zero-order valence-electron chi connectivity index (χ0n) is 21.1. The zero-order valence-corrected chi connectivity index (χ0v) is 21.9. The van der Waals surface area contributed by atoms with Crippen molar-refractivity contribution in [2.75, 3.05) is 37.4 Å². The van der Waals surface area contributed by atoms with Gasteiger partial charge in [0, 0.05) is 37.0 Å². The van der Waals surface area contributed by atoms with Crippen LogP contribution in [0.1, 0.15) is 45.1 Å². The molecule has 4 rings (SSSR count). The Labute approximate surface area is 219 Å². The standard InChI is InChI=1S/C26H30N6O4S/c1-17-6-4-7-19(14-17)24(34)27-18(2)23-29-30-26(31(23)3)37-16-22(33)28-21-9-5-8-20(15-21)25(35)32-10-12-36-13-11-32/h4-9,14-15,18H,10-13,16H2,1-3H3,(H,27,34)(H,28,33)/t18-/m1/s1. The second kappa shape index (κ2) is 12.0. The lowest BCUT2D eigenvalue weighted by atomic mass is 10.1. The second-order valence-corrected chi connectivity index (χ2v) is 9.73. The number of amides is 3. The summed E-state index contributed by atoms with van der Waals surface area (Å²) in [6.07, 6.45) is 0. The molecule has 194 valence electrons. The molecule has 37 heavy (non-hydrogen) atoms. The molecule has 1 aliphatic rings. The number of carbonyl (C=O) groups excluding carboxylic acids is 3. The summed E-state index contributed by atoms with van der Waals surface area (Å²) in [5.41, 5.74) is 2.66. The first kappa shape index (κ1) is 26.4. The Bertz CT molecular complexity index is 1290. The molecule has 0 spiro atoms. The number of aryl methyl sites for hydroxylation is 1. The monoisotopic (exact) mass is 522 g/mol. The van der Waals surface area contributed by atoms with E-state index in [1.54, 1.807) is 46.8 Å². The van der Waals surface area contributed by atoms with E-state index in [-0.39, 0.29) is 29.5 Å². The van der Waals surface area contributed by atoms with Gasteiger partial charge >= 0.3 is 0 Å². The van der Waals surface area contributed by atoms with Gasteiger partial charge < -0.3 is 24.8 Å². The van der Waals surface area contributed by atoms with Crippen molar-refractivity contribution in [2.45, 2.75) is 25.0 Å². The summed E-state index contributed by atoms with van der Waals surface area (Å²) in [5, 5.41) is 14.7. The van der Waals surface area contributed by atoms with Crippen molar-refractivity contribution < 1.29 is 19.1 Å². The van der Waals surface area contributed by atoms with Crippen molar-refractivity contribution >= 4 is 35.2 Å². The molecular formula is C26H30N6O4S. The Hall–Kier alpha value is -3.70. The van der Waals surface area contributed by atoms with Gasteiger partial charge in [-0.25, -0.2) is 0 Å². The molecule has 1 fully saturated rings. The van der Waals surface area contributed by atoms with Gasteiger partial charge in [0.25, 0.3) is 11.8 Å². The van der Waals surface area contributed by atoms with E-state index in [9.17, 15) is 14.4 Å². The van der Waals surface area contributed by atoms with Crippen LogP contribution in [0.15, 0.2) is 53.7 Å². The molecule has 2 aromatic carbocycles. The van der Waals surface area contributed by atoms with Crippen molar-refractivity contribution in [3.05, 3.63) is 71.0 Å². The highest BCUT2D eigenvalue weighted by Crippen LogP contribution is 2.20. The molecule has 3 aromatic rings. The summed E-state index contributed by atoms with van der Waals surface area (Å²) >= 11 is 1.24. The molecule has 1 aromatic heterocycles. The van der Waals surface area contributed by atoms with Gasteiger partial charge in [0.15, 0.2) is 11.0 Å². The molecule has 0 radical (unpaired) electrons. The summed E-state index contributed by atoms with van der Waals surface area (Å²) < 4.78 is 7.07. The highest BCUT2D eigenvalue weighted by Gasteiger charge is 2.20. The lowest BCUT2D eigenvalue weighted by Gasteiger charge is -2.27. The van der Waals surface area contributed by atoms with Crippen molar-refractivity contribution in [3.8, 4) is 0 Å². The number of nitrogens with one attached hydrogen (secondary N) is 2. The number of anilines is 1. The van der Waals surface area contributed by atoms with E-state index in [2.05, 4.69) is 20.8 Å². The predicted molar refractivity (Wildman–Crippen MR) is 141 cm³/mol. The van der Waals surface area contributed by atoms with Gasteiger partial charge in [-0.2, -0.15) is 0 Å². The lowest BCUT2D eigenvalue weighted by molar-refractivity contribution is -0.113. The predicted octanol–water partition coefficient (Wildman–Crippen LogP) is 2.82. The van der Waals surface area contributed by atoms with E-state index in [4.69, 9.17) is 4.74 Å². The van der Waals surface area contributed by atoms with Crippen molar-refractivity contribution in [1.29, 1.82) is 0 Å². The van der Waals surface area contributed by atoms with Gasteiger partial charge in [0.1, 0.15) is 0 Å². The van der Waals surface area contributed by atoms with Gasteiger partial charge in [0.2, 0.25) is 5.91 Å². The average molecular weight is 523 g/mol. The number of benzene rings is 2. The number of morpholine rings is 1. The Kier molecular flexibility index (Phi) is 8.57. The van der Waals surface area contributed by atoms with E-state index >= 15 is 0 Å². The molecule has 0 unspecified atom stereocenters. The van der Waals surface area contributed by atoms with E-state index in [0.29, 0.717) is 54.1 Å². The minimum atomic E-state index is -0.375. The van der Waals surface area contributed by atoms with Crippen LogP contribution in [0.3, 0.4) is 0 Å². The van der Waals surface area contributed by atoms with Gasteiger partial charge in [-0.1, -0.05) is 35.5 Å². The largest absolute Gasteiger partial charge is 0.378 e. The summed E-state index contributed by atoms with van der Waals surface area (Å²) in [4.78, 5) is 39.6. The first-order valence-corrected chi connectivity index (χ1v) is 13.0. The SMILES string of the molecule is Cc1cccc(C(=O)N[C@H](C)c2nnc(SCC(=O)Nc3cccc(C(=O)N4CCOCC4)c3)n2C)c1. The number of rotatable bonds is 8. The zero-order chi connectivity index (χ0) is 26.4. The van der Waals surface area contributed by atoms with E-state index in [1.807, 2.05) is 32.0 Å². The molecule has 1 atom stereocenters. The molecule has 10 nitrogen and oxygen atoms in total. The highest BCUT2D eigenvalue weighted by atomic mass is 32.2. The Morgan fingerprint density at radius 2 is 1.78 bits per heavy atom. The van der Waals surface area contributed by atoms with Crippen LogP contribution in [0.25, 0.3) is 0 Å². The van der Waals surface area contributed by atoms with Crippen LogP contribution in [0.5, 0.6) is 0 Å². The van der Waals surface area contributed by atoms with Crippen LogP contribution in [-0.2, 0) is 16.6 Å². The van der Waals surface area contributed by atoms with Crippen molar-refractivity contribution in [2.24, 2.45) is 7.05 Å². The number of nitrogens with zero attached hydrogens (tertiary/aromatic N) is 4. The Morgan fingerprint density at radius 3 is 2.54 bits per heavy atom. The van der Waals surface area contributed by atoms with Gasteiger partial charge in [-0.05, 0) is 44.2 Å². The van der Waals surface area contributed by atoms with Crippen LogP contribution in [0.2, 0.25) is 0 Å². The first-order valence-electron chi connectivity index (χ1n) is 12.0. The summed E-state index contributed by atoms with van der Waals surface area (Å²) in [6.45, 7) is 5.94. The van der Waals surface area contributed by atoms with Crippen LogP contribution >= 0.6 is 11.8 Å². The third-order valence-electron chi connectivity index (χ3n) is 5.91. The number of carbonyl (C=O) groups is 3. The molecule has 11 heteroatoms. The topological polar surface area (TPSA) is 118 Å². The summed E-state index contributed by atoms with van der Waals surface area (Å²) in [7, 11) is 1.80. The Morgan fingerprint density at radius 1 is 1.05 bits per heavy atom. The fraction of sp³-hybridized carbons (Fsp3) is 0.346. The maximum atomic E-state index is 12.7. The molecule has 0 saturated carbocycles. The van der Waals surface area contributed by atoms with Gasteiger partial charge in [-0.3, -0.25) is 14.4 Å². The number of hydrogen-bond acceptors (Lipinski definition) is 7. The molecule has 2 heterocycles. The Balaban J connectivity index is 1.31. The minimum Gasteiger partial charge on any atom is -0.378 e. The van der Waals surface area contributed by atoms with Crippen LogP contribution in [0, 0.1) is 6.92 Å². The average Bonchev–Trinajstić information content (AvgIpc) is 3.27. The molecule has 3 amide bonds. The molecule has 1 saturated heterocycles. The molecule has 2 N–H and O–H groups in total. The fourth-order valence-electron chi connectivity index (χ4n) is 3.97. The molecule has 0 aliphatic carbocycles. The highest BCUT2D eigenvalue weighted by molar-refractivity contribution is 7.99. The van der Waals surface area contributed by atoms with Gasteiger partial charge in [0.05, 0.1) is 25.0 Å². The fourth-order valence-corrected chi connectivity index (χ4v) is 4.68. The quantitative estimate of drug-likeness (QED) is 0.437. The van der Waals surface area contributed by atoms with Crippen LogP contribution in [-0.4, -0.2) is 69.4 Å². The molecule has 1 aliphatic heterocycles. The lowest BCUT2D eigenvalue weighted by Crippen LogP contribution is -2.40. The van der Waals surface area contributed by atoms with Gasteiger partial charge in [-0.15, -0.1) is 10.2 Å². The van der Waals surface area contributed by atoms with Crippen molar-refractivity contribution in [1.82, 2.24) is 25.0 Å². The van der Waals surface area contributed by atoms with Crippen molar-refractivity contribution in [3.63, 3.8) is 0 Å². The summed E-state index contributed by atoms with van der Waals surface area (Å²) in [5.74, 6) is 0.188. The number of ether oxygens (including phenoxy) is 1. The smallest absolute Gasteiger partial charge is 0.254 e. The normalized spacial score (nSPS) is 14.2. The van der Waals surface area contributed by atoms with E-state index in [0.717, 1.165) is 5.56 Å². The second-order valence-electron chi connectivity index (χ2n) is 8.79. The number of aromatic nitrogens is 3. The molecular weight excluding hydrogens is 492 g/mol. The third-order valence-corrected chi connectivity index (χ3v) is 6.93. The van der Waals surface area contributed by atoms with Crippen LogP contribution < -0.4 is 10.6 Å². The van der Waals surface area contributed by atoms with E-state index < -0.39 is 0 Å². The van der Waals surface area contributed by atoms with E-state index in [1.165, 1.54) is 11.8 Å². The van der Waals surface area contributed by atoms with Crippen LogP contribution in [0.4, 0.5) is 5.69 Å². The third kappa shape index (κ3) is 6.75. The first-order chi connectivity index (χ1) is 17.8.